The van der Waals surface area contributed by atoms with Crippen molar-refractivity contribution in [2.24, 2.45) is 21.6 Å². The summed E-state index contributed by atoms with van der Waals surface area (Å²) in [4.78, 5) is 30.9. The first-order valence-electron chi connectivity index (χ1n) is 8.75. The summed E-state index contributed by atoms with van der Waals surface area (Å²) in [5, 5.41) is 2.81. The van der Waals surface area contributed by atoms with Crippen LogP contribution in [-0.4, -0.2) is 42.9 Å². The van der Waals surface area contributed by atoms with Crippen molar-refractivity contribution in [3.8, 4) is 0 Å². The Balaban J connectivity index is 2.03. The van der Waals surface area contributed by atoms with Crippen LogP contribution < -0.4 is 11.1 Å². The Bertz CT molecular complexity index is 847. The standard InChI is InChI=1S/C19H25FN4O3/c1-17(2)15(26)24(5)16(21)23-19(17,4)12-8-11(6-7-13(12)20)22-14(25)18(3)9-27-10-18/h6-8H,9-10H2,1-5H3,(H2,21,23)(H,22,25)/t19-/m1/s1. The van der Waals surface area contributed by atoms with E-state index in [-0.39, 0.29) is 23.3 Å². The van der Waals surface area contributed by atoms with Gasteiger partial charge >= 0.3 is 0 Å². The summed E-state index contributed by atoms with van der Waals surface area (Å²) in [6.45, 7) is 7.59. The van der Waals surface area contributed by atoms with Crippen molar-refractivity contribution in [3.05, 3.63) is 29.6 Å². The number of nitrogens with one attached hydrogen (secondary N) is 1. The zero-order valence-corrected chi connectivity index (χ0v) is 16.2. The molecule has 1 aromatic carbocycles. The number of anilines is 1. The van der Waals surface area contributed by atoms with Gasteiger partial charge in [-0.2, -0.15) is 0 Å². The van der Waals surface area contributed by atoms with Crippen LogP contribution >= 0.6 is 0 Å². The molecule has 0 unspecified atom stereocenters. The molecule has 2 aliphatic heterocycles. The van der Waals surface area contributed by atoms with Gasteiger partial charge in [-0.3, -0.25) is 14.5 Å². The maximum Gasteiger partial charge on any atom is 0.237 e. The van der Waals surface area contributed by atoms with Gasteiger partial charge in [-0.05, 0) is 45.9 Å². The molecular formula is C19H25FN4O3. The molecule has 146 valence electrons. The summed E-state index contributed by atoms with van der Waals surface area (Å²) in [7, 11) is 1.54. The maximum atomic E-state index is 14.8. The molecule has 8 heteroatoms. The minimum Gasteiger partial charge on any atom is -0.379 e. The smallest absolute Gasteiger partial charge is 0.237 e. The Kier molecular flexibility index (Phi) is 4.30. The van der Waals surface area contributed by atoms with Crippen molar-refractivity contribution in [1.29, 1.82) is 0 Å². The first-order chi connectivity index (χ1) is 12.4. The quantitative estimate of drug-likeness (QED) is 0.841. The number of halogens is 1. The second-order valence-corrected chi connectivity index (χ2v) is 8.23. The van der Waals surface area contributed by atoms with Crippen LogP contribution in [0.1, 0.15) is 33.3 Å². The number of guanidine groups is 1. The Morgan fingerprint density at radius 3 is 2.48 bits per heavy atom. The SMILES string of the molecule is CN1C(=O)C(C)(C)[C@@](C)(c2cc(NC(=O)C3(C)COC3)ccc2F)N=C1N. The lowest BCUT2D eigenvalue weighted by molar-refractivity contribution is -0.152. The highest BCUT2D eigenvalue weighted by Crippen LogP contribution is 2.47. The number of nitrogens with zero attached hydrogens (tertiary/aromatic N) is 2. The maximum absolute atomic E-state index is 14.8. The van der Waals surface area contributed by atoms with Crippen molar-refractivity contribution < 1.29 is 18.7 Å². The molecular weight excluding hydrogens is 351 g/mol. The summed E-state index contributed by atoms with van der Waals surface area (Å²) >= 11 is 0. The van der Waals surface area contributed by atoms with Crippen LogP contribution in [0.5, 0.6) is 0 Å². The lowest BCUT2D eigenvalue weighted by Gasteiger charge is -2.46. The number of amides is 2. The first kappa shape index (κ1) is 19.3. The molecule has 0 aromatic heterocycles. The molecule has 3 N–H and O–H groups in total. The van der Waals surface area contributed by atoms with Gasteiger partial charge in [-0.15, -0.1) is 0 Å². The molecule has 0 radical (unpaired) electrons. The number of benzene rings is 1. The Labute approximate surface area is 157 Å². The average molecular weight is 376 g/mol. The highest BCUT2D eigenvalue weighted by Gasteiger charge is 2.54. The van der Waals surface area contributed by atoms with Gasteiger partial charge in [0.25, 0.3) is 0 Å². The van der Waals surface area contributed by atoms with E-state index in [0.717, 1.165) is 0 Å². The molecule has 1 atom stereocenters. The van der Waals surface area contributed by atoms with Gasteiger partial charge in [0.2, 0.25) is 11.8 Å². The zero-order valence-electron chi connectivity index (χ0n) is 16.2. The number of nitrogens with two attached hydrogens (primary N) is 1. The minimum atomic E-state index is -1.23. The molecule has 2 aliphatic rings. The first-order valence-corrected chi connectivity index (χ1v) is 8.75. The normalized spacial score (nSPS) is 26.2. The fourth-order valence-electron chi connectivity index (χ4n) is 3.37. The van der Waals surface area contributed by atoms with E-state index in [0.29, 0.717) is 18.9 Å². The summed E-state index contributed by atoms with van der Waals surface area (Å²) < 4.78 is 19.9. The van der Waals surface area contributed by atoms with Crippen molar-refractivity contribution in [1.82, 2.24) is 4.90 Å². The number of aliphatic imine (C=N–C) groups is 1. The van der Waals surface area contributed by atoms with Crippen molar-refractivity contribution in [2.75, 3.05) is 25.6 Å². The molecule has 2 heterocycles. The lowest BCUT2D eigenvalue weighted by Crippen LogP contribution is -2.58. The van der Waals surface area contributed by atoms with Crippen LogP contribution in [0, 0.1) is 16.6 Å². The zero-order chi connectivity index (χ0) is 20.2. The molecule has 0 saturated carbocycles. The molecule has 0 bridgehead atoms. The molecule has 1 saturated heterocycles. The van der Waals surface area contributed by atoms with E-state index in [9.17, 15) is 14.0 Å². The summed E-state index contributed by atoms with van der Waals surface area (Å²) in [5.41, 5.74) is 3.67. The topological polar surface area (TPSA) is 97.0 Å². The summed E-state index contributed by atoms with van der Waals surface area (Å²) in [6.07, 6.45) is 0. The van der Waals surface area contributed by atoms with Crippen LogP contribution in [0.2, 0.25) is 0 Å². The molecule has 1 aromatic rings. The van der Waals surface area contributed by atoms with Gasteiger partial charge in [-0.25, -0.2) is 9.38 Å². The van der Waals surface area contributed by atoms with Crippen LogP contribution in [0.3, 0.4) is 0 Å². The van der Waals surface area contributed by atoms with E-state index in [2.05, 4.69) is 10.3 Å². The molecule has 1 fully saturated rings. The van der Waals surface area contributed by atoms with Gasteiger partial charge in [0, 0.05) is 18.3 Å². The number of hydrogen-bond acceptors (Lipinski definition) is 5. The minimum absolute atomic E-state index is 0.0230. The Morgan fingerprint density at radius 1 is 1.30 bits per heavy atom. The number of ether oxygens (including phenoxy) is 1. The van der Waals surface area contributed by atoms with Gasteiger partial charge in [0.15, 0.2) is 5.96 Å². The van der Waals surface area contributed by atoms with E-state index in [1.54, 1.807) is 27.7 Å². The number of carbonyl (C=O) groups excluding carboxylic acids is 2. The molecule has 3 rings (SSSR count). The third-order valence-corrected chi connectivity index (χ3v) is 5.88. The number of rotatable bonds is 3. The predicted octanol–water partition coefficient (Wildman–Crippen LogP) is 1.83. The fourth-order valence-corrected chi connectivity index (χ4v) is 3.37. The monoisotopic (exact) mass is 376 g/mol. The van der Waals surface area contributed by atoms with Crippen molar-refractivity contribution in [2.45, 2.75) is 33.2 Å². The molecule has 7 nitrogen and oxygen atoms in total. The highest BCUT2D eigenvalue weighted by atomic mass is 19.1. The predicted molar refractivity (Wildman–Crippen MR) is 99.5 cm³/mol. The highest BCUT2D eigenvalue weighted by molar-refractivity contribution is 6.02. The van der Waals surface area contributed by atoms with E-state index in [1.807, 2.05) is 0 Å². The fraction of sp³-hybridized carbons (Fsp3) is 0.526. The average Bonchev–Trinajstić information content (AvgIpc) is 2.58. The molecule has 27 heavy (non-hydrogen) atoms. The van der Waals surface area contributed by atoms with E-state index < -0.39 is 22.2 Å². The third kappa shape index (κ3) is 2.79. The molecule has 2 amide bonds. The van der Waals surface area contributed by atoms with Gasteiger partial charge in [-0.1, -0.05) is 0 Å². The van der Waals surface area contributed by atoms with Gasteiger partial charge in [0.05, 0.1) is 24.0 Å². The van der Waals surface area contributed by atoms with Crippen LogP contribution in [0.25, 0.3) is 0 Å². The Hall–Kier alpha value is -2.48. The second kappa shape index (κ2) is 6.02. The third-order valence-electron chi connectivity index (χ3n) is 5.88. The van der Waals surface area contributed by atoms with E-state index in [4.69, 9.17) is 10.5 Å². The summed E-state index contributed by atoms with van der Waals surface area (Å²) in [5.74, 6) is -0.950. The van der Waals surface area contributed by atoms with Crippen LogP contribution in [-0.2, 0) is 19.9 Å². The number of hydrogen-bond donors (Lipinski definition) is 2. The van der Waals surface area contributed by atoms with Gasteiger partial charge < -0.3 is 15.8 Å². The van der Waals surface area contributed by atoms with Crippen LogP contribution in [0.15, 0.2) is 23.2 Å². The molecule has 0 spiro atoms. The second-order valence-electron chi connectivity index (χ2n) is 8.23. The lowest BCUT2D eigenvalue weighted by atomic mass is 9.67. The Morgan fingerprint density at radius 2 is 1.93 bits per heavy atom. The van der Waals surface area contributed by atoms with Crippen molar-refractivity contribution in [3.63, 3.8) is 0 Å². The van der Waals surface area contributed by atoms with Crippen LogP contribution in [0.4, 0.5) is 10.1 Å². The summed E-state index contributed by atoms with van der Waals surface area (Å²) in [6, 6.07) is 4.27. The molecule has 0 aliphatic carbocycles. The van der Waals surface area contributed by atoms with Gasteiger partial charge in [0.1, 0.15) is 11.4 Å². The number of carbonyl (C=O) groups is 2. The van der Waals surface area contributed by atoms with Crippen molar-refractivity contribution >= 4 is 23.5 Å². The van der Waals surface area contributed by atoms with E-state index >= 15 is 0 Å². The van der Waals surface area contributed by atoms with E-state index in [1.165, 1.54) is 30.1 Å². The largest absolute Gasteiger partial charge is 0.379 e.